The molecule has 0 spiro atoms. The number of aromatic nitrogens is 3. The van der Waals surface area contributed by atoms with Gasteiger partial charge in [-0.15, -0.1) is 0 Å². The van der Waals surface area contributed by atoms with Crippen LogP contribution in [-0.2, 0) is 16.6 Å². The van der Waals surface area contributed by atoms with Crippen LogP contribution in [0.2, 0.25) is 0 Å². The van der Waals surface area contributed by atoms with Gasteiger partial charge in [0.2, 0.25) is 10.0 Å². The van der Waals surface area contributed by atoms with Crippen LogP contribution in [-0.4, -0.2) is 92.1 Å². The number of hydrogen-bond donors (Lipinski definition) is 1. The number of fused-ring (bicyclic) bond motifs is 6. The Balaban J connectivity index is 1.38. The molecule has 1 aliphatic rings. The standard InChI is InChI=1S/C38H35F2N7O4S/c1-41-38(48)36-27-16-25(32(45(3)52(4,49)50)19-34(27)51-37(36)22-8-10-23(39)11-9-22)29-17-26-30(20-42-29)43-35(21-46-14-12-44(2)13-15-46)47-31-7-5-6-28(40)24(31)18-33(26)47/h5-11,16-20H,12-15,21H2,1-4H3,(H,41,48). The van der Waals surface area contributed by atoms with E-state index in [9.17, 15) is 17.6 Å². The summed E-state index contributed by atoms with van der Waals surface area (Å²) in [7, 11) is 1.24. The van der Waals surface area contributed by atoms with E-state index in [0.717, 1.165) is 48.1 Å². The molecule has 14 heteroatoms. The fraction of sp³-hybridized carbons (Fsp3) is 0.237. The summed E-state index contributed by atoms with van der Waals surface area (Å²) in [6, 6.07) is 17.4. The van der Waals surface area contributed by atoms with Crippen LogP contribution < -0.4 is 9.62 Å². The maximum atomic E-state index is 15.3. The van der Waals surface area contributed by atoms with Gasteiger partial charge in [-0.25, -0.2) is 22.2 Å². The van der Waals surface area contributed by atoms with Crippen molar-refractivity contribution in [3.63, 3.8) is 0 Å². The molecule has 0 bridgehead atoms. The van der Waals surface area contributed by atoms with Crippen LogP contribution in [0.25, 0.3) is 60.9 Å². The highest BCUT2D eigenvalue weighted by Gasteiger charge is 2.27. The number of pyridine rings is 1. The molecule has 4 aromatic heterocycles. The molecule has 0 aliphatic carbocycles. The van der Waals surface area contributed by atoms with E-state index in [1.165, 1.54) is 44.4 Å². The molecule has 1 saturated heterocycles. The summed E-state index contributed by atoms with van der Waals surface area (Å²) < 4.78 is 64.5. The zero-order valence-corrected chi connectivity index (χ0v) is 29.8. The van der Waals surface area contributed by atoms with Crippen LogP contribution in [0.15, 0.2) is 77.3 Å². The van der Waals surface area contributed by atoms with Gasteiger partial charge in [0.05, 0.1) is 52.5 Å². The molecule has 1 amide bonds. The summed E-state index contributed by atoms with van der Waals surface area (Å²) in [5.41, 5.74) is 3.98. The lowest BCUT2D eigenvalue weighted by Crippen LogP contribution is -2.44. The zero-order chi connectivity index (χ0) is 36.5. The molecule has 1 fully saturated rings. The first-order chi connectivity index (χ1) is 24.9. The number of piperazine rings is 1. The first-order valence-corrected chi connectivity index (χ1v) is 18.6. The van der Waals surface area contributed by atoms with Crippen molar-refractivity contribution in [2.75, 3.05) is 57.9 Å². The van der Waals surface area contributed by atoms with Gasteiger partial charge in [-0.2, -0.15) is 0 Å². The largest absolute Gasteiger partial charge is 0.455 e. The smallest absolute Gasteiger partial charge is 0.255 e. The van der Waals surface area contributed by atoms with Crippen molar-refractivity contribution < 1.29 is 26.4 Å². The maximum absolute atomic E-state index is 15.3. The molecule has 7 aromatic rings. The second-order valence-electron chi connectivity index (χ2n) is 13.2. The molecule has 5 heterocycles. The van der Waals surface area contributed by atoms with Gasteiger partial charge in [0.15, 0.2) is 0 Å². The average molecular weight is 724 g/mol. The van der Waals surface area contributed by atoms with Crippen molar-refractivity contribution >= 4 is 59.9 Å². The molecule has 0 saturated carbocycles. The second-order valence-corrected chi connectivity index (χ2v) is 15.2. The summed E-state index contributed by atoms with van der Waals surface area (Å²) in [5, 5.41) is 4.20. The fourth-order valence-corrected chi connectivity index (χ4v) is 7.50. The molecule has 11 nitrogen and oxygen atoms in total. The Morgan fingerprint density at radius 2 is 1.71 bits per heavy atom. The highest BCUT2D eigenvalue weighted by Crippen LogP contribution is 2.42. The van der Waals surface area contributed by atoms with Crippen molar-refractivity contribution in [2.24, 2.45) is 0 Å². The number of likely N-dealkylation sites (N-methyl/N-ethyl adjacent to an activating group) is 1. The van der Waals surface area contributed by atoms with E-state index in [1.807, 2.05) is 22.6 Å². The summed E-state index contributed by atoms with van der Waals surface area (Å²) in [6.07, 6.45) is 2.73. The zero-order valence-electron chi connectivity index (χ0n) is 28.9. The van der Waals surface area contributed by atoms with Gasteiger partial charge in [0.25, 0.3) is 5.91 Å². The summed E-state index contributed by atoms with van der Waals surface area (Å²) in [4.78, 5) is 27.9. The van der Waals surface area contributed by atoms with E-state index in [2.05, 4.69) is 22.2 Å². The number of benzene rings is 3. The number of furan rings is 1. The van der Waals surface area contributed by atoms with Gasteiger partial charge < -0.3 is 14.6 Å². The summed E-state index contributed by atoms with van der Waals surface area (Å²) in [6.45, 7) is 4.16. The van der Waals surface area contributed by atoms with Gasteiger partial charge in [-0.3, -0.25) is 23.4 Å². The number of anilines is 1. The van der Waals surface area contributed by atoms with Crippen LogP contribution in [0.1, 0.15) is 16.2 Å². The molecular formula is C38H35F2N7O4S. The predicted molar refractivity (Wildman–Crippen MR) is 198 cm³/mol. The number of sulfonamides is 1. The predicted octanol–water partition coefficient (Wildman–Crippen LogP) is 5.90. The summed E-state index contributed by atoms with van der Waals surface area (Å²) >= 11 is 0. The molecular weight excluding hydrogens is 689 g/mol. The topological polar surface area (TPSA) is 116 Å². The Kier molecular flexibility index (Phi) is 8.20. The highest BCUT2D eigenvalue weighted by atomic mass is 32.2. The third-order valence-electron chi connectivity index (χ3n) is 9.90. The number of hydrogen-bond acceptors (Lipinski definition) is 8. The van der Waals surface area contributed by atoms with Gasteiger partial charge in [0, 0.05) is 73.6 Å². The van der Waals surface area contributed by atoms with E-state index in [1.54, 1.807) is 24.4 Å². The Morgan fingerprint density at radius 1 is 0.962 bits per heavy atom. The van der Waals surface area contributed by atoms with Gasteiger partial charge in [0.1, 0.15) is 28.8 Å². The lowest BCUT2D eigenvalue weighted by molar-refractivity contribution is 0.0964. The van der Waals surface area contributed by atoms with Crippen molar-refractivity contribution in [3.8, 4) is 22.6 Å². The van der Waals surface area contributed by atoms with Crippen molar-refractivity contribution in [3.05, 3.63) is 95.9 Å². The molecule has 0 unspecified atom stereocenters. The minimum atomic E-state index is -3.78. The van der Waals surface area contributed by atoms with E-state index in [0.29, 0.717) is 50.6 Å². The molecule has 1 aliphatic heterocycles. The van der Waals surface area contributed by atoms with Crippen molar-refractivity contribution in [1.29, 1.82) is 0 Å². The van der Waals surface area contributed by atoms with Gasteiger partial charge in [-0.05, 0) is 61.6 Å². The minimum absolute atomic E-state index is 0.200. The minimum Gasteiger partial charge on any atom is -0.455 e. The van der Waals surface area contributed by atoms with Crippen LogP contribution in [0.3, 0.4) is 0 Å². The molecule has 0 radical (unpaired) electrons. The Morgan fingerprint density at radius 3 is 2.42 bits per heavy atom. The van der Waals surface area contributed by atoms with E-state index in [-0.39, 0.29) is 28.4 Å². The summed E-state index contributed by atoms with van der Waals surface area (Å²) in [5.74, 6) is -0.290. The Hall–Kier alpha value is -5.44. The Bertz CT molecular complexity index is 2670. The maximum Gasteiger partial charge on any atom is 0.255 e. The normalized spacial score (nSPS) is 14.6. The second kappa shape index (κ2) is 12.7. The number of nitrogens with one attached hydrogen (secondary N) is 1. The van der Waals surface area contributed by atoms with Gasteiger partial charge in [-0.1, -0.05) is 6.07 Å². The first-order valence-electron chi connectivity index (χ1n) is 16.7. The molecule has 3 aromatic carbocycles. The number of nitrogens with zero attached hydrogens (tertiary/aromatic N) is 6. The van der Waals surface area contributed by atoms with Crippen molar-refractivity contribution in [1.82, 2.24) is 29.5 Å². The third-order valence-corrected chi connectivity index (χ3v) is 11.1. The monoisotopic (exact) mass is 723 g/mol. The van der Waals surface area contributed by atoms with Crippen LogP contribution in [0.4, 0.5) is 14.5 Å². The first kappa shape index (κ1) is 33.7. The quantitative estimate of drug-likeness (QED) is 0.216. The Labute approximate surface area is 298 Å². The number of halogens is 2. The van der Waals surface area contributed by atoms with Gasteiger partial charge >= 0.3 is 0 Å². The number of rotatable bonds is 7. The van der Waals surface area contributed by atoms with Crippen LogP contribution in [0, 0.1) is 11.6 Å². The number of carbonyl (C=O) groups excluding carboxylic acids is 1. The molecule has 52 heavy (non-hydrogen) atoms. The number of amides is 1. The number of carbonyl (C=O) groups is 1. The van der Waals surface area contributed by atoms with E-state index < -0.39 is 21.7 Å². The lowest BCUT2D eigenvalue weighted by Gasteiger charge is -2.32. The van der Waals surface area contributed by atoms with Crippen LogP contribution >= 0.6 is 0 Å². The molecule has 0 atom stereocenters. The van der Waals surface area contributed by atoms with Crippen LogP contribution in [0.5, 0.6) is 0 Å². The fourth-order valence-electron chi connectivity index (χ4n) is 6.99. The highest BCUT2D eigenvalue weighted by molar-refractivity contribution is 7.92. The van der Waals surface area contributed by atoms with E-state index >= 15 is 4.39 Å². The molecule has 8 rings (SSSR count). The van der Waals surface area contributed by atoms with Crippen molar-refractivity contribution in [2.45, 2.75) is 6.54 Å². The molecule has 1 N–H and O–H groups in total. The SMILES string of the molecule is CNC(=O)c1c(-c2ccc(F)cc2)oc2cc(N(C)S(C)(=O)=O)c(-c3cc4c(cn3)nc(CN3CCN(C)CC3)n3c5cccc(F)c5cc43)cc12. The third kappa shape index (κ3) is 5.72. The molecule has 266 valence electrons. The lowest BCUT2D eigenvalue weighted by atomic mass is 10.00. The van der Waals surface area contributed by atoms with E-state index in [4.69, 9.17) is 14.4 Å². The average Bonchev–Trinajstić information content (AvgIpc) is 3.71.